The Morgan fingerprint density at radius 3 is 2.33 bits per heavy atom. The van der Waals surface area contributed by atoms with E-state index in [2.05, 4.69) is 24.8 Å². The van der Waals surface area contributed by atoms with Crippen LogP contribution in [-0.4, -0.2) is 24.0 Å². The van der Waals surface area contributed by atoms with E-state index in [-0.39, 0.29) is 0 Å². The molecule has 0 spiro atoms. The summed E-state index contributed by atoms with van der Waals surface area (Å²) in [5, 5.41) is 8.61. The lowest BCUT2D eigenvalue weighted by atomic mass is 9.84. The molecule has 1 aliphatic rings. The molecular weight excluding hydrogens is 184 g/mol. The van der Waals surface area contributed by atoms with E-state index in [4.69, 9.17) is 5.26 Å². The summed E-state index contributed by atoms with van der Waals surface area (Å²) in [5.41, 5.74) is 0. The van der Waals surface area contributed by atoms with E-state index in [1.54, 1.807) is 0 Å². The molecule has 2 nitrogen and oxygen atoms in total. The van der Waals surface area contributed by atoms with E-state index in [9.17, 15) is 0 Å². The largest absolute Gasteiger partial charge is 0.300 e. The van der Waals surface area contributed by atoms with Crippen LogP contribution in [0.3, 0.4) is 0 Å². The molecule has 86 valence electrons. The van der Waals surface area contributed by atoms with Gasteiger partial charge in [0.2, 0.25) is 0 Å². The van der Waals surface area contributed by atoms with Crippen LogP contribution in [-0.2, 0) is 0 Å². The van der Waals surface area contributed by atoms with Crippen molar-refractivity contribution in [3.05, 3.63) is 0 Å². The fourth-order valence-corrected chi connectivity index (χ4v) is 2.71. The number of hydrogen-bond donors (Lipinski definition) is 0. The van der Waals surface area contributed by atoms with Crippen LogP contribution >= 0.6 is 0 Å². The molecule has 0 atom stereocenters. The summed E-state index contributed by atoms with van der Waals surface area (Å²) in [6.45, 7) is 6.58. The summed E-state index contributed by atoms with van der Waals surface area (Å²) in [6, 6.07) is 3.01. The molecule has 1 saturated carbocycles. The Kier molecular flexibility index (Phi) is 5.71. The highest BCUT2D eigenvalue weighted by atomic mass is 15.1. The minimum absolute atomic E-state index is 0.682. The normalized spacial score (nSPS) is 26.5. The van der Waals surface area contributed by atoms with Crippen LogP contribution < -0.4 is 0 Å². The van der Waals surface area contributed by atoms with Crippen molar-refractivity contribution in [3.63, 3.8) is 0 Å². The van der Waals surface area contributed by atoms with Gasteiger partial charge in [-0.1, -0.05) is 20.3 Å². The molecule has 0 amide bonds. The molecule has 0 aromatic heterocycles. The van der Waals surface area contributed by atoms with Crippen LogP contribution in [0.25, 0.3) is 0 Å². The Morgan fingerprint density at radius 2 is 1.87 bits per heavy atom. The first-order chi connectivity index (χ1) is 7.31. The Morgan fingerprint density at radius 1 is 1.20 bits per heavy atom. The lowest BCUT2D eigenvalue weighted by Crippen LogP contribution is -2.38. The summed E-state index contributed by atoms with van der Waals surface area (Å²) in [7, 11) is 0. The predicted octanol–water partition coefficient (Wildman–Crippen LogP) is 3.19. The molecule has 1 fully saturated rings. The van der Waals surface area contributed by atoms with Crippen LogP contribution in [0.4, 0.5) is 0 Å². The molecule has 0 aromatic carbocycles. The number of nitrogens with zero attached hydrogens (tertiary/aromatic N) is 2. The quantitative estimate of drug-likeness (QED) is 0.694. The second-order valence-corrected chi connectivity index (χ2v) is 4.62. The van der Waals surface area contributed by atoms with Gasteiger partial charge in [-0.05, 0) is 38.1 Å². The van der Waals surface area contributed by atoms with Crippen LogP contribution in [0.1, 0.15) is 52.4 Å². The first kappa shape index (κ1) is 12.5. The lowest BCUT2D eigenvalue weighted by molar-refractivity contribution is 0.143. The van der Waals surface area contributed by atoms with E-state index in [0.717, 1.165) is 25.0 Å². The molecular formula is C13H24N2. The third-order valence-corrected chi connectivity index (χ3v) is 3.83. The molecule has 2 heteroatoms. The molecule has 15 heavy (non-hydrogen) atoms. The molecule has 0 saturated heterocycles. The van der Waals surface area contributed by atoms with Gasteiger partial charge in [0.05, 0.1) is 6.07 Å². The lowest BCUT2D eigenvalue weighted by Gasteiger charge is -2.35. The third-order valence-electron chi connectivity index (χ3n) is 3.83. The van der Waals surface area contributed by atoms with E-state index >= 15 is 0 Å². The zero-order valence-corrected chi connectivity index (χ0v) is 10.2. The monoisotopic (exact) mass is 208 g/mol. The third kappa shape index (κ3) is 3.83. The van der Waals surface area contributed by atoms with Gasteiger partial charge in [-0.3, -0.25) is 4.90 Å². The maximum absolute atomic E-state index is 8.61. The average molecular weight is 208 g/mol. The molecule has 0 unspecified atom stereocenters. The molecule has 0 heterocycles. The van der Waals surface area contributed by atoms with Gasteiger partial charge in [-0.2, -0.15) is 5.26 Å². The SMILES string of the molecule is CCC1CCC(N(CC)CCC#N)CC1. The summed E-state index contributed by atoms with van der Waals surface area (Å²) in [5.74, 6) is 0.968. The minimum atomic E-state index is 0.682. The van der Waals surface area contributed by atoms with Gasteiger partial charge in [0.15, 0.2) is 0 Å². The Hall–Kier alpha value is -0.550. The van der Waals surface area contributed by atoms with Crippen LogP contribution in [0.5, 0.6) is 0 Å². The van der Waals surface area contributed by atoms with Crippen LogP contribution in [0.2, 0.25) is 0 Å². The van der Waals surface area contributed by atoms with Crippen molar-refractivity contribution < 1.29 is 0 Å². The van der Waals surface area contributed by atoms with E-state index in [0.29, 0.717) is 6.42 Å². The molecule has 0 bridgehead atoms. The average Bonchev–Trinajstić information content (AvgIpc) is 2.31. The van der Waals surface area contributed by atoms with Gasteiger partial charge >= 0.3 is 0 Å². The summed E-state index contributed by atoms with van der Waals surface area (Å²) < 4.78 is 0. The Labute approximate surface area is 94.3 Å². The van der Waals surface area contributed by atoms with Crippen LogP contribution in [0.15, 0.2) is 0 Å². The zero-order chi connectivity index (χ0) is 11.1. The highest BCUT2D eigenvalue weighted by Crippen LogP contribution is 2.29. The van der Waals surface area contributed by atoms with Crippen molar-refractivity contribution in [3.8, 4) is 6.07 Å². The van der Waals surface area contributed by atoms with Gasteiger partial charge < -0.3 is 0 Å². The van der Waals surface area contributed by atoms with Gasteiger partial charge in [-0.25, -0.2) is 0 Å². The van der Waals surface area contributed by atoms with E-state index in [1.807, 2.05) is 0 Å². The van der Waals surface area contributed by atoms with Gasteiger partial charge in [-0.15, -0.1) is 0 Å². The fourth-order valence-electron chi connectivity index (χ4n) is 2.71. The second kappa shape index (κ2) is 6.85. The number of hydrogen-bond acceptors (Lipinski definition) is 2. The second-order valence-electron chi connectivity index (χ2n) is 4.62. The Bertz CT molecular complexity index is 199. The van der Waals surface area contributed by atoms with E-state index < -0.39 is 0 Å². The molecule has 0 aromatic rings. The minimum Gasteiger partial charge on any atom is -0.300 e. The predicted molar refractivity (Wildman–Crippen MR) is 63.5 cm³/mol. The molecule has 1 rings (SSSR count). The summed E-state index contributed by atoms with van der Waals surface area (Å²) in [4.78, 5) is 2.50. The first-order valence-electron chi connectivity index (χ1n) is 6.42. The summed E-state index contributed by atoms with van der Waals surface area (Å²) >= 11 is 0. The van der Waals surface area contributed by atoms with Gasteiger partial charge in [0.1, 0.15) is 0 Å². The first-order valence-corrected chi connectivity index (χ1v) is 6.42. The van der Waals surface area contributed by atoms with Crippen molar-refractivity contribution in [2.45, 2.75) is 58.4 Å². The van der Waals surface area contributed by atoms with E-state index in [1.165, 1.54) is 32.1 Å². The van der Waals surface area contributed by atoms with Gasteiger partial charge in [0.25, 0.3) is 0 Å². The van der Waals surface area contributed by atoms with Crippen molar-refractivity contribution in [2.75, 3.05) is 13.1 Å². The smallest absolute Gasteiger partial charge is 0.0635 e. The molecule has 0 aliphatic heterocycles. The maximum atomic E-state index is 8.61. The highest BCUT2D eigenvalue weighted by molar-refractivity contribution is 4.81. The maximum Gasteiger partial charge on any atom is 0.0635 e. The fraction of sp³-hybridized carbons (Fsp3) is 0.923. The number of nitriles is 1. The summed E-state index contributed by atoms with van der Waals surface area (Å²) in [6.07, 6.45) is 7.50. The molecule has 0 radical (unpaired) electrons. The van der Waals surface area contributed by atoms with Gasteiger partial charge in [0, 0.05) is 19.0 Å². The van der Waals surface area contributed by atoms with Crippen molar-refractivity contribution in [2.24, 2.45) is 5.92 Å². The zero-order valence-electron chi connectivity index (χ0n) is 10.2. The molecule has 0 N–H and O–H groups in total. The van der Waals surface area contributed by atoms with Crippen LogP contribution in [0, 0.1) is 17.2 Å². The highest BCUT2D eigenvalue weighted by Gasteiger charge is 2.23. The topological polar surface area (TPSA) is 27.0 Å². The standard InChI is InChI=1S/C13H24N2/c1-3-12-6-8-13(9-7-12)15(4-2)11-5-10-14/h12-13H,3-9,11H2,1-2H3. The van der Waals surface area contributed by atoms with Crippen molar-refractivity contribution >= 4 is 0 Å². The number of rotatable bonds is 5. The Balaban J connectivity index is 2.33. The molecule has 1 aliphatic carbocycles. The van der Waals surface area contributed by atoms with Crippen molar-refractivity contribution in [1.29, 1.82) is 5.26 Å². The van der Waals surface area contributed by atoms with Crippen molar-refractivity contribution in [1.82, 2.24) is 4.90 Å².